The number of rotatable bonds is 3. The fourth-order valence-electron chi connectivity index (χ4n) is 7.15. The van der Waals surface area contributed by atoms with Gasteiger partial charge in [0, 0.05) is 50.8 Å². The molecule has 0 saturated carbocycles. The maximum Gasteiger partial charge on any atom is 0.255 e. The minimum atomic E-state index is 0.0912. The SMILES string of the molecule is CC1CNCC(C)N1C(=O)[C@@H]1CCCN(C2CCN(C(=O)c3c4ccccc4cc4ccccc34)CC2)C1. The molecule has 3 atom stereocenters. The lowest BCUT2D eigenvalue weighted by molar-refractivity contribution is -0.143. The predicted molar refractivity (Wildman–Crippen MR) is 153 cm³/mol. The third-order valence-electron chi connectivity index (χ3n) is 9.14. The number of piperazine rings is 1. The summed E-state index contributed by atoms with van der Waals surface area (Å²) in [6, 6.07) is 19.6. The smallest absolute Gasteiger partial charge is 0.255 e. The van der Waals surface area contributed by atoms with Crippen LogP contribution in [-0.4, -0.2) is 83.9 Å². The summed E-state index contributed by atoms with van der Waals surface area (Å²) < 4.78 is 0. The van der Waals surface area contributed by atoms with E-state index in [0.717, 1.165) is 92.1 Å². The third-order valence-corrected chi connectivity index (χ3v) is 9.14. The minimum absolute atomic E-state index is 0.0912. The van der Waals surface area contributed by atoms with Crippen LogP contribution in [0.15, 0.2) is 54.6 Å². The van der Waals surface area contributed by atoms with Gasteiger partial charge in [0.1, 0.15) is 0 Å². The summed E-state index contributed by atoms with van der Waals surface area (Å²) in [5, 5.41) is 7.73. The molecule has 0 aromatic heterocycles. The first-order valence-corrected chi connectivity index (χ1v) is 14.5. The second kappa shape index (κ2) is 10.7. The summed E-state index contributed by atoms with van der Waals surface area (Å²) in [7, 11) is 0. The van der Waals surface area contributed by atoms with Crippen molar-refractivity contribution in [2.24, 2.45) is 5.92 Å². The lowest BCUT2D eigenvalue weighted by Crippen LogP contribution is -2.60. The van der Waals surface area contributed by atoms with Gasteiger partial charge in [-0.05, 0) is 73.7 Å². The van der Waals surface area contributed by atoms with E-state index in [4.69, 9.17) is 0 Å². The number of nitrogens with zero attached hydrogens (tertiary/aromatic N) is 3. The van der Waals surface area contributed by atoms with Gasteiger partial charge in [-0.25, -0.2) is 0 Å². The number of hydrogen-bond donors (Lipinski definition) is 1. The van der Waals surface area contributed by atoms with E-state index in [2.05, 4.69) is 64.2 Å². The molecular weight excluding hydrogens is 472 g/mol. The second-order valence-electron chi connectivity index (χ2n) is 11.7. The third kappa shape index (κ3) is 4.69. The van der Waals surface area contributed by atoms with Gasteiger partial charge in [0.15, 0.2) is 0 Å². The van der Waals surface area contributed by atoms with E-state index in [-0.39, 0.29) is 23.9 Å². The molecule has 0 bridgehead atoms. The van der Waals surface area contributed by atoms with Crippen LogP contribution >= 0.6 is 0 Å². The van der Waals surface area contributed by atoms with Gasteiger partial charge in [-0.2, -0.15) is 0 Å². The Balaban J connectivity index is 1.14. The van der Waals surface area contributed by atoms with Crippen LogP contribution < -0.4 is 5.32 Å². The summed E-state index contributed by atoms with van der Waals surface area (Å²) in [6.45, 7) is 9.53. The number of amides is 2. The minimum Gasteiger partial charge on any atom is -0.338 e. The van der Waals surface area contributed by atoms with E-state index < -0.39 is 0 Å². The van der Waals surface area contributed by atoms with Crippen LogP contribution in [-0.2, 0) is 4.79 Å². The number of hydrogen-bond acceptors (Lipinski definition) is 4. The quantitative estimate of drug-likeness (QED) is 0.525. The summed E-state index contributed by atoms with van der Waals surface area (Å²) >= 11 is 0. The number of likely N-dealkylation sites (tertiary alicyclic amines) is 2. The lowest BCUT2D eigenvalue weighted by atomic mass is 9.91. The van der Waals surface area contributed by atoms with Crippen molar-refractivity contribution in [2.75, 3.05) is 39.3 Å². The second-order valence-corrected chi connectivity index (χ2v) is 11.7. The van der Waals surface area contributed by atoms with Crippen molar-refractivity contribution in [3.8, 4) is 0 Å². The molecule has 1 N–H and O–H groups in total. The largest absolute Gasteiger partial charge is 0.338 e. The van der Waals surface area contributed by atoms with Crippen molar-refractivity contribution >= 4 is 33.4 Å². The van der Waals surface area contributed by atoms with Gasteiger partial charge in [0.25, 0.3) is 5.91 Å². The van der Waals surface area contributed by atoms with Crippen molar-refractivity contribution < 1.29 is 9.59 Å². The van der Waals surface area contributed by atoms with Gasteiger partial charge >= 0.3 is 0 Å². The highest BCUT2D eigenvalue weighted by Gasteiger charge is 2.37. The number of benzene rings is 3. The molecule has 6 rings (SSSR count). The highest BCUT2D eigenvalue weighted by Crippen LogP contribution is 2.32. The number of fused-ring (bicyclic) bond motifs is 2. The summed E-state index contributed by atoms with van der Waals surface area (Å²) in [5.41, 5.74) is 0.833. The van der Waals surface area contributed by atoms with Crippen LogP contribution in [0.4, 0.5) is 0 Å². The molecule has 3 heterocycles. The fourth-order valence-corrected chi connectivity index (χ4v) is 7.15. The Morgan fingerprint density at radius 2 is 1.42 bits per heavy atom. The molecule has 2 amide bonds. The molecule has 0 spiro atoms. The van der Waals surface area contributed by atoms with Crippen LogP contribution in [0.5, 0.6) is 0 Å². The van der Waals surface area contributed by atoms with Gasteiger partial charge in [0.2, 0.25) is 5.91 Å². The first-order valence-electron chi connectivity index (χ1n) is 14.5. The Morgan fingerprint density at radius 3 is 2.05 bits per heavy atom. The zero-order valence-electron chi connectivity index (χ0n) is 22.7. The molecule has 0 aliphatic carbocycles. The van der Waals surface area contributed by atoms with Crippen LogP contribution in [0.2, 0.25) is 0 Å². The van der Waals surface area contributed by atoms with Gasteiger partial charge in [-0.1, -0.05) is 48.5 Å². The summed E-state index contributed by atoms with van der Waals surface area (Å²) in [4.78, 5) is 34.2. The van der Waals surface area contributed by atoms with E-state index in [1.807, 2.05) is 24.3 Å². The van der Waals surface area contributed by atoms with Crippen molar-refractivity contribution in [2.45, 2.75) is 57.7 Å². The summed E-state index contributed by atoms with van der Waals surface area (Å²) in [6.07, 6.45) is 4.00. The number of nitrogens with one attached hydrogen (secondary N) is 1. The Labute approximate surface area is 225 Å². The number of carbonyl (C=O) groups excluding carboxylic acids is 2. The predicted octanol–water partition coefficient (Wildman–Crippen LogP) is 4.52. The normalized spacial score (nSPS) is 25.7. The molecule has 3 saturated heterocycles. The van der Waals surface area contributed by atoms with Gasteiger partial charge < -0.3 is 15.1 Å². The lowest BCUT2D eigenvalue weighted by Gasteiger charge is -2.45. The molecule has 3 aliphatic rings. The Morgan fingerprint density at radius 1 is 0.816 bits per heavy atom. The number of piperidine rings is 2. The van der Waals surface area contributed by atoms with Crippen LogP contribution in [0, 0.1) is 5.92 Å². The molecule has 200 valence electrons. The van der Waals surface area contributed by atoms with E-state index in [1.165, 1.54) is 0 Å². The highest BCUT2D eigenvalue weighted by molar-refractivity contribution is 6.18. The Kier molecular flexibility index (Phi) is 7.10. The van der Waals surface area contributed by atoms with E-state index in [0.29, 0.717) is 11.9 Å². The zero-order valence-corrected chi connectivity index (χ0v) is 22.7. The Hall–Kier alpha value is -2.96. The topological polar surface area (TPSA) is 55.9 Å². The fraction of sp³-hybridized carbons (Fsp3) is 0.500. The molecule has 0 radical (unpaired) electrons. The van der Waals surface area contributed by atoms with Crippen LogP contribution in [0.1, 0.15) is 49.9 Å². The molecule has 2 unspecified atom stereocenters. The first-order chi connectivity index (χ1) is 18.5. The molecule has 38 heavy (non-hydrogen) atoms. The van der Waals surface area contributed by atoms with Crippen molar-refractivity contribution in [1.82, 2.24) is 20.0 Å². The van der Waals surface area contributed by atoms with Crippen LogP contribution in [0.25, 0.3) is 21.5 Å². The molecule has 6 heteroatoms. The Bertz CT molecular complexity index is 1270. The van der Waals surface area contributed by atoms with Gasteiger partial charge in [-0.3, -0.25) is 14.5 Å². The molecule has 3 aromatic carbocycles. The molecule has 6 nitrogen and oxygen atoms in total. The average molecular weight is 513 g/mol. The van der Waals surface area contributed by atoms with Gasteiger partial charge in [-0.15, -0.1) is 0 Å². The van der Waals surface area contributed by atoms with E-state index >= 15 is 0 Å². The summed E-state index contributed by atoms with van der Waals surface area (Å²) in [5.74, 6) is 0.574. The molecule has 3 aromatic rings. The molecule has 3 aliphatic heterocycles. The first kappa shape index (κ1) is 25.3. The standard InChI is InChI=1S/C32H40N4O2/c1-22-19-33-20-23(2)36(22)31(37)26-10-7-15-35(21-26)27-13-16-34(17-14-27)32(38)30-28-11-5-3-8-24(28)18-25-9-4-6-12-29(25)30/h3-6,8-9,11-12,18,22-23,26-27,33H,7,10,13-17,19-21H2,1-2H3/t22?,23?,26-/m1/s1. The average Bonchev–Trinajstić information content (AvgIpc) is 2.95. The van der Waals surface area contributed by atoms with Crippen molar-refractivity contribution in [3.63, 3.8) is 0 Å². The number of carbonyl (C=O) groups is 2. The molecule has 3 fully saturated rings. The van der Waals surface area contributed by atoms with E-state index in [9.17, 15) is 9.59 Å². The monoisotopic (exact) mass is 512 g/mol. The van der Waals surface area contributed by atoms with Crippen LogP contribution in [0.3, 0.4) is 0 Å². The molecular formula is C32H40N4O2. The van der Waals surface area contributed by atoms with Crippen molar-refractivity contribution in [1.29, 1.82) is 0 Å². The maximum absolute atomic E-state index is 13.9. The van der Waals surface area contributed by atoms with Crippen molar-refractivity contribution in [3.05, 3.63) is 60.2 Å². The highest BCUT2D eigenvalue weighted by atomic mass is 16.2. The maximum atomic E-state index is 13.9. The van der Waals surface area contributed by atoms with E-state index in [1.54, 1.807) is 0 Å². The zero-order chi connectivity index (χ0) is 26.2. The van der Waals surface area contributed by atoms with Gasteiger partial charge in [0.05, 0.1) is 11.5 Å².